The summed E-state index contributed by atoms with van der Waals surface area (Å²) >= 11 is 0. The highest BCUT2D eigenvalue weighted by Gasteiger charge is 2.07. The van der Waals surface area contributed by atoms with E-state index in [1.807, 2.05) is 6.07 Å². The molecule has 0 saturated carbocycles. The van der Waals surface area contributed by atoms with Crippen LogP contribution in [0.15, 0.2) is 48.5 Å². The second kappa shape index (κ2) is 5.76. The summed E-state index contributed by atoms with van der Waals surface area (Å²) < 4.78 is 13.1. The van der Waals surface area contributed by atoms with Crippen molar-refractivity contribution in [2.45, 2.75) is 0 Å². The number of nitro benzene ring substituents is 1. The summed E-state index contributed by atoms with van der Waals surface area (Å²) in [7, 11) is 0. The molecular formula is C15H9FN2O2. The molecule has 0 amide bonds. The molecule has 0 fully saturated rings. The van der Waals surface area contributed by atoms with Gasteiger partial charge in [0, 0.05) is 12.1 Å². The minimum atomic E-state index is -0.508. The Bertz CT molecular complexity index is 715. The van der Waals surface area contributed by atoms with Gasteiger partial charge in [0.05, 0.1) is 16.6 Å². The lowest BCUT2D eigenvalue weighted by molar-refractivity contribution is -0.384. The molecule has 0 aliphatic carbocycles. The largest absolute Gasteiger partial charge is 0.269 e. The smallest absolute Gasteiger partial charge is 0.258 e. The highest BCUT2D eigenvalue weighted by Crippen LogP contribution is 2.21. The summed E-state index contributed by atoms with van der Waals surface area (Å²) in [5.41, 5.74) is 1.37. The molecular weight excluding hydrogens is 259 g/mol. The zero-order chi connectivity index (χ0) is 14.5. The fourth-order valence-electron chi connectivity index (χ4n) is 1.71. The van der Waals surface area contributed by atoms with Gasteiger partial charge in [-0.3, -0.25) is 10.1 Å². The minimum absolute atomic E-state index is 0.0446. The number of rotatable bonds is 3. The van der Waals surface area contributed by atoms with E-state index in [2.05, 4.69) is 0 Å². The highest BCUT2D eigenvalue weighted by molar-refractivity contribution is 5.89. The van der Waals surface area contributed by atoms with Crippen LogP contribution in [0.3, 0.4) is 0 Å². The van der Waals surface area contributed by atoms with Gasteiger partial charge in [-0.05, 0) is 41.5 Å². The summed E-state index contributed by atoms with van der Waals surface area (Å²) in [6, 6.07) is 13.5. The molecule has 98 valence electrons. The van der Waals surface area contributed by atoms with Crippen LogP contribution in [0.2, 0.25) is 0 Å². The molecule has 0 saturated heterocycles. The second-order valence-electron chi connectivity index (χ2n) is 4.03. The van der Waals surface area contributed by atoms with Gasteiger partial charge in [0.2, 0.25) is 0 Å². The van der Waals surface area contributed by atoms with Crippen molar-refractivity contribution in [1.82, 2.24) is 0 Å². The lowest BCUT2D eigenvalue weighted by atomic mass is 10.0. The first-order chi connectivity index (χ1) is 9.60. The monoisotopic (exact) mass is 268 g/mol. The Hall–Kier alpha value is -3.00. The predicted octanol–water partition coefficient (Wildman–Crippen LogP) is 3.80. The maximum atomic E-state index is 13.1. The number of hydrogen-bond acceptors (Lipinski definition) is 3. The van der Waals surface area contributed by atoms with E-state index in [9.17, 15) is 14.5 Å². The lowest BCUT2D eigenvalue weighted by Crippen LogP contribution is -1.88. The molecule has 5 heteroatoms. The second-order valence-corrected chi connectivity index (χ2v) is 4.03. The van der Waals surface area contributed by atoms with E-state index in [-0.39, 0.29) is 11.5 Å². The quantitative estimate of drug-likeness (QED) is 0.368. The van der Waals surface area contributed by atoms with Gasteiger partial charge in [-0.1, -0.05) is 12.1 Å². The minimum Gasteiger partial charge on any atom is -0.258 e. The van der Waals surface area contributed by atoms with E-state index in [0.717, 1.165) is 0 Å². The van der Waals surface area contributed by atoms with Crippen molar-refractivity contribution in [1.29, 1.82) is 5.26 Å². The first-order valence-corrected chi connectivity index (χ1v) is 5.72. The molecule has 0 heterocycles. The van der Waals surface area contributed by atoms with Gasteiger partial charge in [-0.15, -0.1) is 0 Å². The van der Waals surface area contributed by atoms with E-state index in [0.29, 0.717) is 16.7 Å². The molecule has 0 aliphatic heterocycles. The number of nitriles is 1. The topological polar surface area (TPSA) is 66.9 Å². The zero-order valence-electron chi connectivity index (χ0n) is 10.3. The number of nitrogens with zero attached hydrogens (tertiary/aromatic N) is 2. The molecule has 4 nitrogen and oxygen atoms in total. The highest BCUT2D eigenvalue weighted by atomic mass is 19.1. The fourth-order valence-corrected chi connectivity index (χ4v) is 1.71. The van der Waals surface area contributed by atoms with Gasteiger partial charge >= 0.3 is 0 Å². The first kappa shape index (κ1) is 13.4. The van der Waals surface area contributed by atoms with Crippen LogP contribution >= 0.6 is 0 Å². The zero-order valence-corrected chi connectivity index (χ0v) is 10.3. The van der Waals surface area contributed by atoms with E-state index in [1.54, 1.807) is 12.1 Å². The maximum Gasteiger partial charge on any atom is 0.269 e. The Labute approximate surface area is 114 Å². The molecule has 0 aliphatic rings. The summed E-state index contributed by atoms with van der Waals surface area (Å²) in [4.78, 5) is 10.1. The average Bonchev–Trinajstić information content (AvgIpc) is 2.45. The SMILES string of the molecule is N#C/C(=C\c1cccc(F)c1)c1ccc([N+](=O)[O-])cc1. The van der Waals surface area contributed by atoms with Crippen LogP contribution in [-0.2, 0) is 0 Å². The third-order valence-electron chi connectivity index (χ3n) is 2.67. The fraction of sp³-hybridized carbons (Fsp3) is 0. The Kier molecular flexibility index (Phi) is 3.87. The van der Waals surface area contributed by atoms with Crippen molar-refractivity contribution in [3.63, 3.8) is 0 Å². The van der Waals surface area contributed by atoms with Crippen LogP contribution in [0, 0.1) is 27.3 Å². The Morgan fingerprint density at radius 2 is 1.95 bits per heavy atom. The molecule has 0 unspecified atom stereocenters. The van der Waals surface area contributed by atoms with Crippen LogP contribution in [0.1, 0.15) is 11.1 Å². The van der Waals surface area contributed by atoms with Crippen molar-refractivity contribution in [3.05, 3.63) is 75.6 Å². The van der Waals surface area contributed by atoms with E-state index in [1.165, 1.54) is 42.5 Å². The van der Waals surface area contributed by atoms with Crippen molar-refractivity contribution in [2.75, 3.05) is 0 Å². The number of hydrogen-bond donors (Lipinski definition) is 0. The van der Waals surface area contributed by atoms with Crippen LogP contribution in [-0.4, -0.2) is 4.92 Å². The van der Waals surface area contributed by atoms with Crippen LogP contribution < -0.4 is 0 Å². The molecule has 2 rings (SSSR count). The molecule has 2 aromatic carbocycles. The summed E-state index contributed by atoms with van der Waals surface area (Å²) in [5, 5.41) is 19.7. The number of non-ortho nitro benzene ring substituents is 1. The van der Waals surface area contributed by atoms with Gasteiger partial charge in [-0.2, -0.15) is 5.26 Å². The van der Waals surface area contributed by atoms with Crippen molar-refractivity contribution in [2.24, 2.45) is 0 Å². The summed E-state index contributed by atoms with van der Waals surface area (Å²) in [6.07, 6.45) is 1.53. The van der Waals surface area contributed by atoms with Crippen molar-refractivity contribution < 1.29 is 9.31 Å². The number of allylic oxidation sites excluding steroid dienone is 1. The van der Waals surface area contributed by atoms with Crippen molar-refractivity contribution in [3.8, 4) is 6.07 Å². The summed E-state index contributed by atoms with van der Waals surface area (Å²) in [5.74, 6) is -0.389. The predicted molar refractivity (Wildman–Crippen MR) is 73.0 cm³/mol. The van der Waals surface area contributed by atoms with Crippen molar-refractivity contribution >= 4 is 17.3 Å². The Morgan fingerprint density at radius 3 is 2.50 bits per heavy atom. The van der Waals surface area contributed by atoms with E-state index in [4.69, 9.17) is 5.26 Å². The van der Waals surface area contributed by atoms with Gasteiger partial charge < -0.3 is 0 Å². The van der Waals surface area contributed by atoms with Gasteiger partial charge in [0.1, 0.15) is 5.82 Å². The molecule has 0 N–H and O–H groups in total. The Balaban J connectivity index is 2.37. The number of halogens is 1. The lowest BCUT2D eigenvalue weighted by Gasteiger charge is -2.00. The van der Waals surface area contributed by atoms with E-state index >= 15 is 0 Å². The standard InChI is InChI=1S/C15H9FN2O2/c16-14-3-1-2-11(9-14)8-13(10-17)12-4-6-15(7-5-12)18(19)20/h1-9H/b13-8+. The molecule has 2 aromatic rings. The van der Waals surface area contributed by atoms with E-state index < -0.39 is 4.92 Å². The maximum absolute atomic E-state index is 13.1. The van der Waals surface area contributed by atoms with Gasteiger partial charge in [-0.25, -0.2) is 4.39 Å². The van der Waals surface area contributed by atoms with Crippen LogP contribution in [0.4, 0.5) is 10.1 Å². The molecule has 20 heavy (non-hydrogen) atoms. The Morgan fingerprint density at radius 1 is 1.25 bits per heavy atom. The van der Waals surface area contributed by atoms with Crippen LogP contribution in [0.5, 0.6) is 0 Å². The molecule has 0 radical (unpaired) electrons. The molecule has 0 bridgehead atoms. The average molecular weight is 268 g/mol. The molecule has 0 aromatic heterocycles. The third kappa shape index (κ3) is 3.06. The first-order valence-electron chi connectivity index (χ1n) is 5.72. The summed E-state index contributed by atoms with van der Waals surface area (Å²) in [6.45, 7) is 0. The van der Waals surface area contributed by atoms with Crippen LogP contribution in [0.25, 0.3) is 11.6 Å². The molecule has 0 atom stereocenters. The molecule has 0 spiro atoms. The van der Waals surface area contributed by atoms with Gasteiger partial charge in [0.25, 0.3) is 5.69 Å². The normalized spacial score (nSPS) is 10.9. The van der Waals surface area contributed by atoms with Gasteiger partial charge in [0.15, 0.2) is 0 Å². The third-order valence-corrected chi connectivity index (χ3v) is 2.67. The number of nitro groups is 1. The number of benzene rings is 2.